The fraction of sp³-hybridized carbons (Fsp3) is 0.769. The number of hydrogen-bond acceptors (Lipinski definition) is 4. The number of urea groups is 1. The van der Waals surface area contributed by atoms with Gasteiger partial charge in [0, 0.05) is 30.1 Å². The minimum atomic E-state index is -1.09. The van der Waals surface area contributed by atoms with Crippen LogP contribution in [0.5, 0.6) is 0 Å². The number of rotatable bonds is 1. The molecule has 2 heterocycles. The van der Waals surface area contributed by atoms with E-state index in [1.165, 1.54) is 4.90 Å². The Morgan fingerprint density at radius 3 is 2.76 bits per heavy atom. The molecule has 0 aromatic rings. The highest BCUT2D eigenvalue weighted by molar-refractivity contribution is 8.00. The lowest BCUT2D eigenvalue weighted by molar-refractivity contribution is -0.144. The topological polar surface area (TPSA) is 90.0 Å². The first-order chi connectivity index (χ1) is 9.80. The quantitative estimate of drug-likeness (QED) is 0.722. The highest BCUT2D eigenvalue weighted by atomic mass is 32.2. The number of carboxylic acids is 1. The molecule has 0 aromatic carbocycles. The Balaban J connectivity index is 2.09. The van der Waals surface area contributed by atoms with Crippen LogP contribution in [0.1, 0.15) is 20.3 Å². The highest BCUT2D eigenvalue weighted by Gasteiger charge is 2.38. The van der Waals surface area contributed by atoms with Gasteiger partial charge < -0.3 is 15.3 Å². The van der Waals surface area contributed by atoms with E-state index in [1.54, 1.807) is 4.90 Å². The number of carboxylic acid groups (broad SMARTS) is 1. The van der Waals surface area contributed by atoms with Crippen molar-refractivity contribution >= 4 is 29.7 Å². The molecule has 2 saturated heterocycles. The first kappa shape index (κ1) is 15.9. The Morgan fingerprint density at radius 2 is 2.10 bits per heavy atom. The zero-order chi connectivity index (χ0) is 15.6. The van der Waals surface area contributed by atoms with Crippen molar-refractivity contribution in [1.29, 1.82) is 0 Å². The Kier molecular flexibility index (Phi) is 4.65. The molecule has 1 atom stereocenters. The van der Waals surface area contributed by atoms with Gasteiger partial charge in [-0.3, -0.25) is 9.69 Å². The van der Waals surface area contributed by atoms with Crippen LogP contribution in [0.2, 0.25) is 0 Å². The number of thioether (sulfide) groups is 1. The molecule has 1 unspecified atom stereocenters. The van der Waals surface area contributed by atoms with E-state index in [0.717, 1.165) is 12.2 Å². The zero-order valence-electron chi connectivity index (χ0n) is 12.3. The molecule has 2 N–H and O–H groups in total. The molecule has 21 heavy (non-hydrogen) atoms. The number of aliphatic carboxylic acids is 1. The van der Waals surface area contributed by atoms with Gasteiger partial charge in [0.05, 0.1) is 0 Å². The van der Waals surface area contributed by atoms with Crippen molar-refractivity contribution < 1.29 is 19.5 Å². The van der Waals surface area contributed by atoms with Crippen molar-refractivity contribution in [3.05, 3.63) is 0 Å². The molecule has 0 radical (unpaired) electrons. The monoisotopic (exact) mass is 315 g/mol. The largest absolute Gasteiger partial charge is 0.480 e. The maximum absolute atomic E-state index is 12.6. The van der Waals surface area contributed by atoms with Gasteiger partial charge in [0.25, 0.3) is 0 Å². The Morgan fingerprint density at radius 1 is 1.38 bits per heavy atom. The standard InChI is InChI=1S/C13H21N3O4S/c1-13(2)3-4-15(5-6-21-13)12(20)16-8-10(17)14-7-9(16)11(18)19/h9H,3-8H2,1-2H3,(H,14,17)(H,18,19). The van der Waals surface area contributed by atoms with E-state index in [4.69, 9.17) is 0 Å². The summed E-state index contributed by atoms with van der Waals surface area (Å²) in [6.45, 7) is 5.22. The molecule has 0 aromatic heterocycles. The maximum atomic E-state index is 12.6. The minimum absolute atomic E-state index is 0.0337. The third kappa shape index (κ3) is 3.81. The molecule has 0 saturated carbocycles. The summed E-state index contributed by atoms with van der Waals surface area (Å²) in [5.74, 6) is -0.588. The van der Waals surface area contributed by atoms with Gasteiger partial charge in [-0.05, 0) is 6.42 Å². The normalized spacial score (nSPS) is 26.0. The second kappa shape index (κ2) is 6.13. The van der Waals surface area contributed by atoms with Crippen molar-refractivity contribution in [2.45, 2.75) is 31.1 Å². The van der Waals surface area contributed by atoms with Crippen molar-refractivity contribution in [2.24, 2.45) is 0 Å². The summed E-state index contributed by atoms with van der Waals surface area (Å²) in [5.41, 5.74) is 0. The molecule has 2 fully saturated rings. The third-order valence-corrected chi connectivity index (χ3v) is 5.19. The van der Waals surface area contributed by atoms with Crippen LogP contribution in [0, 0.1) is 0 Å². The highest BCUT2D eigenvalue weighted by Crippen LogP contribution is 2.31. The van der Waals surface area contributed by atoms with Crippen LogP contribution >= 0.6 is 11.8 Å². The number of piperazine rings is 1. The summed E-state index contributed by atoms with van der Waals surface area (Å²) in [4.78, 5) is 38.2. The lowest BCUT2D eigenvalue weighted by Crippen LogP contribution is -2.62. The molecule has 0 aliphatic carbocycles. The van der Waals surface area contributed by atoms with Gasteiger partial charge in [-0.15, -0.1) is 0 Å². The number of carbonyl (C=O) groups is 3. The van der Waals surface area contributed by atoms with Gasteiger partial charge in [-0.2, -0.15) is 11.8 Å². The Bertz CT molecular complexity index is 455. The molecule has 2 aliphatic heterocycles. The molecule has 7 nitrogen and oxygen atoms in total. The number of nitrogens with zero attached hydrogens (tertiary/aromatic N) is 2. The van der Waals surface area contributed by atoms with Crippen LogP contribution in [0.3, 0.4) is 0 Å². The molecule has 2 aliphatic rings. The van der Waals surface area contributed by atoms with E-state index in [1.807, 2.05) is 11.8 Å². The third-order valence-electron chi connectivity index (χ3n) is 3.82. The summed E-state index contributed by atoms with van der Waals surface area (Å²) in [5, 5.41) is 11.7. The SMILES string of the molecule is CC1(C)CCN(C(=O)N2CC(=O)NCC2C(=O)O)CCS1. The summed E-state index contributed by atoms with van der Waals surface area (Å²) < 4.78 is 0.112. The fourth-order valence-electron chi connectivity index (χ4n) is 2.46. The number of carbonyl (C=O) groups excluding carboxylic acids is 2. The lowest BCUT2D eigenvalue weighted by Gasteiger charge is -2.36. The molecule has 8 heteroatoms. The van der Waals surface area contributed by atoms with Gasteiger partial charge >= 0.3 is 12.0 Å². The van der Waals surface area contributed by atoms with Gasteiger partial charge in [0.15, 0.2) is 0 Å². The van der Waals surface area contributed by atoms with Crippen molar-refractivity contribution in [2.75, 3.05) is 31.9 Å². The van der Waals surface area contributed by atoms with E-state index < -0.39 is 12.0 Å². The van der Waals surface area contributed by atoms with Crippen LogP contribution < -0.4 is 5.32 Å². The average Bonchev–Trinajstić information content (AvgIpc) is 2.58. The van der Waals surface area contributed by atoms with E-state index >= 15 is 0 Å². The Hall–Kier alpha value is -1.44. The molecule has 118 valence electrons. The van der Waals surface area contributed by atoms with E-state index in [2.05, 4.69) is 19.2 Å². The lowest BCUT2D eigenvalue weighted by atomic mass is 10.1. The molecular weight excluding hydrogens is 294 g/mol. The number of nitrogens with one attached hydrogen (secondary N) is 1. The van der Waals surface area contributed by atoms with Gasteiger partial charge in [0.1, 0.15) is 12.6 Å². The predicted octanol–water partition coefficient (Wildman–Crippen LogP) is 0.209. The van der Waals surface area contributed by atoms with Gasteiger partial charge in [-0.25, -0.2) is 9.59 Å². The molecular formula is C13H21N3O4S. The van der Waals surface area contributed by atoms with Crippen molar-refractivity contribution in [1.82, 2.24) is 15.1 Å². The molecule has 0 bridgehead atoms. The number of hydrogen-bond donors (Lipinski definition) is 2. The van der Waals surface area contributed by atoms with Crippen molar-refractivity contribution in [3.8, 4) is 0 Å². The van der Waals surface area contributed by atoms with Crippen LogP contribution in [0.15, 0.2) is 0 Å². The van der Waals surface area contributed by atoms with Gasteiger partial charge in [-0.1, -0.05) is 13.8 Å². The maximum Gasteiger partial charge on any atom is 0.328 e. The second-order valence-corrected chi connectivity index (χ2v) is 7.72. The van der Waals surface area contributed by atoms with Crippen LogP contribution in [-0.2, 0) is 9.59 Å². The molecule has 3 amide bonds. The average molecular weight is 315 g/mol. The Labute approximate surface area is 128 Å². The first-order valence-electron chi connectivity index (χ1n) is 6.99. The van der Waals surface area contributed by atoms with E-state index in [0.29, 0.717) is 13.1 Å². The van der Waals surface area contributed by atoms with Crippen LogP contribution in [-0.4, -0.2) is 75.5 Å². The van der Waals surface area contributed by atoms with Gasteiger partial charge in [0.2, 0.25) is 5.91 Å². The second-order valence-electron chi connectivity index (χ2n) is 5.91. The number of amides is 3. The van der Waals surface area contributed by atoms with Crippen LogP contribution in [0.4, 0.5) is 4.79 Å². The molecule has 2 rings (SSSR count). The first-order valence-corrected chi connectivity index (χ1v) is 7.98. The predicted molar refractivity (Wildman–Crippen MR) is 79.3 cm³/mol. The summed E-state index contributed by atoms with van der Waals surface area (Å²) in [7, 11) is 0. The van der Waals surface area contributed by atoms with E-state index in [-0.39, 0.29) is 29.8 Å². The van der Waals surface area contributed by atoms with Crippen LogP contribution in [0.25, 0.3) is 0 Å². The zero-order valence-corrected chi connectivity index (χ0v) is 13.1. The fourth-order valence-corrected chi connectivity index (χ4v) is 3.56. The summed E-state index contributed by atoms with van der Waals surface area (Å²) in [6.07, 6.45) is 0.848. The smallest absolute Gasteiger partial charge is 0.328 e. The minimum Gasteiger partial charge on any atom is -0.480 e. The van der Waals surface area contributed by atoms with Crippen molar-refractivity contribution in [3.63, 3.8) is 0 Å². The molecule has 0 spiro atoms. The summed E-state index contributed by atoms with van der Waals surface area (Å²) >= 11 is 1.81. The van der Waals surface area contributed by atoms with E-state index in [9.17, 15) is 19.5 Å². The summed E-state index contributed by atoms with van der Waals surface area (Å²) in [6, 6.07) is -1.34.